The molecule has 3 atom stereocenters. The molecule has 1 amide bonds. The normalized spacial score (nSPS) is 24.0. The van der Waals surface area contributed by atoms with Gasteiger partial charge < -0.3 is 25.1 Å². The van der Waals surface area contributed by atoms with Crippen molar-refractivity contribution < 1.29 is 18.8 Å². The molecule has 2 aromatic rings. The first kappa shape index (κ1) is 16.5. The summed E-state index contributed by atoms with van der Waals surface area (Å²) in [6.45, 7) is 0.158. The molecule has 1 aliphatic rings. The Morgan fingerprint density at radius 2 is 2.32 bits per heavy atom. The third kappa shape index (κ3) is 3.46. The summed E-state index contributed by atoms with van der Waals surface area (Å²) < 4.78 is 10.2. The predicted molar refractivity (Wildman–Crippen MR) is 77.8 cm³/mol. The molecule has 2 heterocycles. The number of carbonyl (C=O) groups is 1. The number of aliphatic hydroxyl groups is 1. The van der Waals surface area contributed by atoms with Crippen LogP contribution in [0.2, 0.25) is 0 Å². The summed E-state index contributed by atoms with van der Waals surface area (Å²) in [5.41, 5.74) is 5.69. The van der Waals surface area contributed by atoms with E-state index in [9.17, 15) is 9.90 Å². The largest absolute Gasteiger partial charge is 0.459 e. The molecule has 0 radical (unpaired) electrons. The van der Waals surface area contributed by atoms with Gasteiger partial charge in [0.1, 0.15) is 0 Å². The van der Waals surface area contributed by atoms with E-state index in [-0.39, 0.29) is 42.7 Å². The first-order valence-electron chi connectivity index (χ1n) is 6.71. The van der Waals surface area contributed by atoms with E-state index in [1.54, 1.807) is 12.1 Å². The van der Waals surface area contributed by atoms with Crippen molar-refractivity contribution >= 4 is 18.3 Å². The van der Waals surface area contributed by atoms with E-state index in [0.717, 1.165) is 0 Å². The van der Waals surface area contributed by atoms with E-state index >= 15 is 0 Å². The summed E-state index contributed by atoms with van der Waals surface area (Å²) in [6.07, 6.45) is 1.76. The third-order valence-electron chi connectivity index (χ3n) is 3.57. The zero-order valence-corrected chi connectivity index (χ0v) is 12.5. The highest BCUT2D eigenvalue weighted by Crippen LogP contribution is 2.25. The number of carbonyl (C=O) groups excluding carboxylic acids is 1. The van der Waals surface area contributed by atoms with Crippen LogP contribution >= 0.6 is 12.4 Å². The SMILES string of the molecule is Cl.N[C@@H]1C[C@H](C(=O)NCc2noc(-c3ccco3)n2)C[C@H]1O. The third-order valence-corrected chi connectivity index (χ3v) is 3.57. The van der Waals surface area contributed by atoms with Crippen LogP contribution in [0.25, 0.3) is 11.7 Å². The maximum absolute atomic E-state index is 12.0. The summed E-state index contributed by atoms with van der Waals surface area (Å²) in [5, 5.41) is 16.0. The minimum atomic E-state index is -0.614. The molecule has 1 saturated carbocycles. The number of amides is 1. The summed E-state index contributed by atoms with van der Waals surface area (Å²) in [4.78, 5) is 16.1. The average Bonchev–Trinajstić information content (AvgIpc) is 3.17. The molecule has 1 fully saturated rings. The summed E-state index contributed by atoms with van der Waals surface area (Å²) >= 11 is 0. The number of hydrogen-bond donors (Lipinski definition) is 3. The smallest absolute Gasteiger partial charge is 0.293 e. The van der Waals surface area contributed by atoms with E-state index in [0.29, 0.717) is 24.4 Å². The molecular weight excluding hydrogens is 312 g/mol. The van der Waals surface area contributed by atoms with Crippen LogP contribution in [0.5, 0.6) is 0 Å². The zero-order valence-electron chi connectivity index (χ0n) is 11.6. The van der Waals surface area contributed by atoms with Crippen LogP contribution in [-0.4, -0.2) is 33.3 Å². The van der Waals surface area contributed by atoms with Crippen molar-refractivity contribution in [2.75, 3.05) is 0 Å². The number of rotatable bonds is 4. The van der Waals surface area contributed by atoms with Crippen LogP contribution in [0.3, 0.4) is 0 Å². The Morgan fingerprint density at radius 3 is 2.95 bits per heavy atom. The fourth-order valence-corrected chi connectivity index (χ4v) is 2.40. The van der Waals surface area contributed by atoms with Crippen molar-refractivity contribution in [2.24, 2.45) is 11.7 Å². The van der Waals surface area contributed by atoms with Gasteiger partial charge in [-0.25, -0.2) is 0 Å². The molecule has 120 valence electrons. The van der Waals surface area contributed by atoms with Crippen LogP contribution in [-0.2, 0) is 11.3 Å². The van der Waals surface area contributed by atoms with E-state index in [4.69, 9.17) is 14.7 Å². The Hall–Kier alpha value is -1.90. The van der Waals surface area contributed by atoms with E-state index < -0.39 is 6.10 Å². The molecule has 3 rings (SSSR count). The highest BCUT2D eigenvalue weighted by molar-refractivity contribution is 5.85. The second-order valence-corrected chi connectivity index (χ2v) is 5.11. The van der Waals surface area contributed by atoms with Crippen molar-refractivity contribution in [3.63, 3.8) is 0 Å². The number of nitrogens with zero attached hydrogens (tertiary/aromatic N) is 2. The van der Waals surface area contributed by atoms with Crippen molar-refractivity contribution in [3.05, 3.63) is 24.2 Å². The quantitative estimate of drug-likeness (QED) is 0.744. The molecule has 0 aromatic carbocycles. The van der Waals surface area contributed by atoms with E-state index in [1.165, 1.54) is 6.26 Å². The molecule has 0 spiro atoms. The monoisotopic (exact) mass is 328 g/mol. The highest BCUT2D eigenvalue weighted by Gasteiger charge is 2.34. The van der Waals surface area contributed by atoms with Gasteiger partial charge in [-0.2, -0.15) is 4.98 Å². The number of halogens is 1. The Kier molecular flexibility index (Phi) is 5.17. The Bertz CT molecular complexity index is 605. The second kappa shape index (κ2) is 6.91. The number of nitrogens with two attached hydrogens (primary N) is 1. The topological polar surface area (TPSA) is 127 Å². The standard InChI is InChI=1S/C13H16N4O4.ClH/c14-8-4-7(5-9(8)18)12(19)15-6-11-16-13(21-17-11)10-2-1-3-20-10;/h1-3,7-9,18H,4-6,14H2,(H,15,19);1H/t7-,8+,9+;/m0./s1. The van der Waals surface area contributed by atoms with Crippen LogP contribution < -0.4 is 11.1 Å². The van der Waals surface area contributed by atoms with Crippen LogP contribution in [0, 0.1) is 5.92 Å². The van der Waals surface area contributed by atoms with Crippen molar-refractivity contribution in [2.45, 2.75) is 31.5 Å². The van der Waals surface area contributed by atoms with Gasteiger partial charge in [0.25, 0.3) is 5.89 Å². The summed E-state index contributed by atoms with van der Waals surface area (Å²) in [7, 11) is 0. The van der Waals surface area contributed by atoms with Gasteiger partial charge in [0, 0.05) is 12.0 Å². The summed E-state index contributed by atoms with van der Waals surface area (Å²) in [6, 6.07) is 3.09. The zero-order chi connectivity index (χ0) is 14.8. The molecule has 1 aliphatic carbocycles. The van der Waals surface area contributed by atoms with Crippen LogP contribution in [0.4, 0.5) is 0 Å². The Morgan fingerprint density at radius 1 is 1.50 bits per heavy atom. The number of aromatic nitrogens is 2. The second-order valence-electron chi connectivity index (χ2n) is 5.11. The van der Waals surface area contributed by atoms with Gasteiger partial charge in [-0.1, -0.05) is 5.16 Å². The highest BCUT2D eigenvalue weighted by atomic mass is 35.5. The van der Waals surface area contributed by atoms with Gasteiger partial charge in [0.15, 0.2) is 11.6 Å². The van der Waals surface area contributed by atoms with Gasteiger partial charge in [-0.05, 0) is 25.0 Å². The predicted octanol–water partition coefficient (Wildman–Crippen LogP) is 0.466. The first-order valence-corrected chi connectivity index (χ1v) is 6.71. The summed E-state index contributed by atoms with van der Waals surface area (Å²) in [5.74, 6) is 0.669. The minimum absolute atomic E-state index is 0. The van der Waals surface area contributed by atoms with Crippen LogP contribution in [0.1, 0.15) is 18.7 Å². The molecule has 9 heteroatoms. The number of aliphatic hydroxyl groups excluding tert-OH is 1. The lowest BCUT2D eigenvalue weighted by Crippen LogP contribution is -2.30. The van der Waals surface area contributed by atoms with Gasteiger partial charge >= 0.3 is 0 Å². The van der Waals surface area contributed by atoms with Crippen molar-refractivity contribution in [3.8, 4) is 11.7 Å². The lowest BCUT2D eigenvalue weighted by molar-refractivity contribution is -0.125. The van der Waals surface area contributed by atoms with E-state index in [1.807, 2.05) is 0 Å². The fraction of sp³-hybridized carbons (Fsp3) is 0.462. The van der Waals surface area contributed by atoms with Crippen molar-refractivity contribution in [1.29, 1.82) is 0 Å². The molecule has 22 heavy (non-hydrogen) atoms. The molecular formula is C13H17ClN4O4. The van der Waals surface area contributed by atoms with Gasteiger partial charge in [-0.3, -0.25) is 4.79 Å². The lowest BCUT2D eigenvalue weighted by atomic mass is 10.1. The van der Waals surface area contributed by atoms with Gasteiger partial charge in [0.2, 0.25) is 5.91 Å². The first-order chi connectivity index (χ1) is 10.1. The number of furan rings is 1. The Labute approximate surface area is 132 Å². The number of hydrogen-bond acceptors (Lipinski definition) is 7. The molecule has 0 bridgehead atoms. The van der Waals surface area contributed by atoms with Crippen molar-refractivity contribution in [1.82, 2.24) is 15.5 Å². The molecule has 4 N–H and O–H groups in total. The van der Waals surface area contributed by atoms with Gasteiger partial charge in [-0.15, -0.1) is 12.4 Å². The lowest BCUT2D eigenvalue weighted by Gasteiger charge is -2.08. The Balaban J connectivity index is 0.00000176. The maximum Gasteiger partial charge on any atom is 0.293 e. The van der Waals surface area contributed by atoms with Crippen LogP contribution in [0.15, 0.2) is 27.3 Å². The van der Waals surface area contributed by atoms with E-state index in [2.05, 4.69) is 15.5 Å². The number of nitrogens with one attached hydrogen (secondary N) is 1. The minimum Gasteiger partial charge on any atom is -0.459 e. The molecule has 0 unspecified atom stereocenters. The maximum atomic E-state index is 12.0. The molecule has 2 aromatic heterocycles. The fourth-order valence-electron chi connectivity index (χ4n) is 2.40. The van der Waals surface area contributed by atoms with Gasteiger partial charge in [0.05, 0.1) is 18.9 Å². The average molecular weight is 329 g/mol. The molecule has 8 nitrogen and oxygen atoms in total. The molecule has 0 saturated heterocycles. The molecule has 0 aliphatic heterocycles.